The lowest BCUT2D eigenvalue weighted by molar-refractivity contribution is 0.0479. The van der Waals surface area contributed by atoms with E-state index in [0.29, 0.717) is 12.0 Å². The van der Waals surface area contributed by atoms with E-state index in [1.807, 2.05) is 6.21 Å². The largest absolute Gasteiger partial charge is 0.392 e. The lowest BCUT2D eigenvalue weighted by Crippen LogP contribution is -2.19. The molecule has 1 fully saturated rings. The predicted molar refractivity (Wildman–Crippen MR) is 44.6 cm³/mol. The molecule has 0 N–H and O–H groups in total. The van der Waals surface area contributed by atoms with Gasteiger partial charge in [0.15, 0.2) is 0 Å². The van der Waals surface area contributed by atoms with Gasteiger partial charge in [0.2, 0.25) is 0 Å². The molecule has 0 unspecified atom stereocenters. The summed E-state index contributed by atoms with van der Waals surface area (Å²) in [7, 11) is 0. The van der Waals surface area contributed by atoms with E-state index in [-0.39, 0.29) is 0 Å². The van der Waals surface area contributed by atoms with Crippen molar-refractivity contribution in [1.29, 1.82) is 0 Å². The molecule has 0 aromatic rings. The zero-order chi connectivity index (χ0) is 7.52. The van der Waals surface area contributed by atoms with E-state index in [1.165, 1.54) is 38.5 Å². The van der Waals surface area contributed by atoms with Crippen LogP contribution in [-0.4, -0.2) is 12.3 Å². The molecule has 2 nitrogen and oxygen atoms in total. The molecule has 0 radical (unpaired) electrons. The van der Waals surface area contributed by atoms with Gasteiger partial charge >= 0.3 is 0 Å². The zero-order valence-corrected chi connectivity index (χ0v) is 6.83. The number of nitrogens with zero attached hydrogens (tertiary/aromatic N) is 1. The van der Waals surface area contributed by atoms with Crippen molar-refractivity contribution in [3.05, 3.63) is 0 Å². The Balaban J connectivity index is 1.93. The maximum atomic E-state index is 5.26. The number of hydrogen-bond acceptors (Lipinski definition) is 2. The van der Waals surface area contributed by atoms with Gasteiger partial charge in [-0.05, 0) is 19.3 Å². The Morgan fingerprint density at radius 3 is 2.82 bits per heavy atom. The molecule has 0 amide bonds. The van der Waals surface area contributed by atoms with E-state index in [0.717, 1.165) is 0 Å². The Hall–Kier alpha value is -0.530. The Morgan fingerprint density at radius 1 is 1.09 bits per heavy atom. The van der Waals surface area contributed by atoms with Crippen LogP contribution in [0.3, 0.4) is 0 Å². The Morgan fingerprint density at radius 2 is 1.91 bits per heavy atom. The molecule has 0 saturated heterocycles. The molecular weight excluding hydrogens is 138 g/mol. The summed E-state index contributed by atoms with van der Waals surface area (Å²) < 4.78 is 0. The highest BCUT2D eigenvalue weighted by molar-refractivity contribution is 5.62. The number of fused-ring (bicyclic) bond motifs is 1. The third kappa shape index (κ3) is 1.55. The predicted octanol–water partition coefficient (Wildman–Crippen LogP) is 2.34. The van der Waals surface area contributed by atoms with Crippen molar-refractivity contribution in [2.45, 2.75) is 44.6 Å². The Bertz CT molecular complexity index is 156. The highest BCUT2D eigenvalue weighted by Gasteiger charge is 2.26. The average Bonchev–Trinajstić information content (AvgIpc) is 2.35. The van der Waals surface area contributed by atoms with Crippen molar-refractivity contribution in [2.24, 2.45) is 11.1 Å². The molecule has 2 atom stereocenters. The van der Waals surface area contributed by atoms with E-state index < -0.39 is 0 Å². The van der Waals surface area contributed by atoms with Crippen LogP contribution < -0.4 is 0 Å². The van der Waals surface area contributed by atoms with Crippen LogP contribution in [0.1, 0.15) is 38.5 Å². The fourth-order valence-corrected chi connectivity index (χ4v) is 1.97. The summed E-state index contributed by atoms with van der Waals surface area (Å²) in [6.07, 6.45) is 10.4. The van der Waals surface area contributed by atoms with Crippen molar-refractivity contribution in [3.63, 3.8) is 0 Å². The first kappa shape index (κ1) is 7.14. The highest BCUT2D eigenvalue weighted by Crippen LogP contribution is 2.27. The van der Waals surface area contributed by atoms with Gasteiger partial charge in [-0.1, -0.05) is 24.4 Å². The normalized spacial score (nSPS) is 37.1. The van der Waals surface area contributed by atoms with Crippen LogP contribution in [0, 0.1) is 5.92 Å². The highest BCUT2D eigenvalue weighted by atomic mass is 16.6. The molecule has 2 aliphatic rings. The summed E-state index contributed by atoms with van der Waals surface area (Å²) in [5, 5.41) is 3.89. The standard InChI is InChI=1S/C9H15NO/c1-2-4-6-9-8(5-3-1)7-10-11-9/h7-9H,1-6H2/t8-,9-/m0/s1. The van der Waals surface area contributed by atoms with Gasteiger partial charge in [-0.3, -0.25) is 0 Å². The monoisotopic (exact) mass is 153 g/mol. The van der Waals surface area contributed by atoms with Crippen molar-refractivity contribution in [2.75, 3.05) is 0 Å². The third-order valence-corrected chi connectivity index (χ3v) is 2.70. The second-order valence-electron chi connectivity index (χ2n) is 3.55. The van der Waals surface area contributed by atoms with Gasteiger partial charge in [0, 0.05) is 5.92 Å². The fourth-order valence-electron chi connectivity index (χ4n) is 1.97. The quantitative estimate of drug-likeness (QED) is 0.523. The second-order valence-corrected chi connectivity index (χ2v) is 3.55. The summed E-state index contributed by atoms with van der Waals surface area (Å²) in [5.74, 6) is 0.635. The minimum absolute atomic E-state index is 0.426. The van der Waals surface area contributed by atoms with E-state index in [1.54, 1.807) is 0 Å². The summed E-state index contributed by atoms with van der Waals surface area (Å²) >= 11 is 0. The molecule has 0 aromatic heterocycles. The van der Waals surface area contributed by atoms with Crippen molar-refractivity contribution in [3.8, 4) is 0 Å². The van der Waals surface area contributed by atoms with Crippen LogP contribution in [0.5, 0.6) is 0 Å². The lowest BCUT2D eigenvalue weighted by Gasteiger charge is -2.18. The topological polar surface area (TPSA) is 21.6 Å². The van der Waals surface area contributed by atoms with E-state index in [4.69, 9.17) is 4.84 Å². The molecule has 2 rings (SSSR count). The fraction of sp³-hybridized carbons (Fsp3) is 0.889. The second kappa shape index (κ2) is 3.24. The van der Waals surface area contributed by atoms with Gasteiger partial charge in [-0.2, -0.15) is 0 Å². The summed E-state index contributed by atoms with van der Waals surface area (Å²) in [4.78, 5) is 5.26. The van der Waals surface area contributed by atoms with Crippen LogP contribution in [-0.2, 0) is 4.84 Å². The minimum Gasteiger partial charge on any atom is -0.392 e. The molecule has 0 aromatic carbocycles. The Labute approximate surface area is 67.6 Å². The molecule has 1 aliphatic carbocycles. The van der Waals surface area contributed by atoms with Crippen LogP contribution in [0.15, 0.2) is 5.16 Å². The summed E-state index contributed by atoms with van der Waals surface area (Å²) in [5.41, 5.74) is 0. The molecule has 0 bridgehead atoms. The molecular formula is C9H15NO. The first-order chi connectivity index (χ1) is 5.47. The zero-order valence-electron chi connectivity index (χ0n) is 6.83. The third-order valence-electron chi connectivity index (χ3n) is 2.70. The molecule has 2 heteroatoms. The molecule has 62 valence electrons. The molecule has 0 spiro atoms. The molecule has 1 heterocycles. The van der Waals surface area contributed by atoms with Crippen LogP contribution in [0.25, 0.3) is 0 Å². The molecule has 1 saturated carbocycles. The van der Waals surface area contributed by atoms with Gasteiger partial charge in [0.25, 0.3) is 0 Å². The van der Waals surface area contributed by atoms with Gasteiger partial charge in [0.1, 0.15) is 6.10 Å². The number of hydrogen-bond donors (Lipinski definition) is 0. The maximum Gasteiger partial charge on any atom is 0.135 e. The van der Waals surface area contributed by atoms with Crippen molar-refractivity contribution in [1.82, 2.24) is 0 Å². The number of oxime groups is 1. The molecule has 11 heavy (non-hydrogen) atoms. The van der Waals surface area contributed by atoms with Crippen molar-refractivity contribution < 1.29 is 4.84 Å². The first-order valence-corrected chi connectivity index (χ1v) is 4.66. The van der Waals surface area contributed by atoms with Gasteiger partial charge < -0.3 is 4.84 Å². The summed E-state index contributed by atoms with van der Waals surface area (Å²) in [6.45, 7) is 0. The number of rotatable bonds is 0. The van der Waals surface area contributed by atoms with E-state index in [9.17, 15) is 0 Å². The van der Waals surface area contributed by atoms with Crippen molar-refractivity contribution >= 4 is 6.21 Å². The SMILES string of the molecule is C1=NO[C@H]2CCCCCC[C@@H]12. The van der Waals surface area contributed by atoms with E-state index >= 15 is 0 Å². The first-order valence-electron chi connectivity index (χ1n) is 4.66. The Kier molecular flexibility index (Phi) is 2.11. The summed E-state index contributed by atoms with van der Waals surface area (Å²) in [6, 6.07) is 0. The van der Waals surface area contributed by atoms with Gasteiger partial charge in [0.05, 0.1) is 6.21 Å². The smallest absolute Gasteiger partial charge is 0.135 e. The van der Waals surface area contributed by atoms with E-state index in [2.05, 4.69) is 5.16 Å². The van der Waals surface area contributed by atoms with Crippen LogP contribution in [0.4, 0.5) is 0 Å². The van der Waals surface area contributed by atoms with Crippen LogP contribution in [0.2, 0.25) is 0 Å². The minimum atomic E-state index is 0.426. The lowest BCUT2D eigenvalue weighted by atomic mass is 9.90. The molecule has 1 aliphatic heterocycles. The van der Waals surface area contributed by atoms with Gasteiger partial charge in [-0.25, -0.2) is 0 Å². The van der Waals surface area contributed by atoms with Gasteiger partial charge in [-0.15, -0.1) is 0 Å². The average molecular weight is 153 g/mol. The van der Waals surface area contributed by atoms with Crippen LogP contribution >= 0.6 is 0 Å². The maximum absolute atomic E-state index is 5.26.